The molecule has 0 aliphatic rings. The predicted molar refractivity (Wildman–Crippen MR) is 42.7 cm³/mol. The Bertz CT molecular complexity index is 202. The molecule has 0 saturated carbocycles. The first-order chi connectivity index (χ1) is 5.18. The van der Waals surface area contributed by atoms with Crippen LogP contribution in [-0.2, 0) is 9.53 Å². The minimum absolute atomic E-state index is 0.289. The van der Waals surface area contributed by atoms with Crippen molar-refractivity contribution in [2.24, 2.45) is 0 Å². The summed E-state index contributed by atoms with van der Waals surface area (Å²) in [5, 5.41) is 6.51. The summed E-state index contributed by atoms with van der Waals surface area (Å²) in [6.45, 7) is 5.30. The molecule has 60 valence electrons. The van der Waals surface area contributed by atoms with Gasteiger partial charge in [-0.15, -0.1) is 0 Å². The number of rotatable bonds is 4. The van der Waals surface area contributed by atoms with Gasteiger partial charge in [0.2, 0.25) is 0 Å². The highest BCUT2D eigenvalue weighted by atomic mass is 16.5. The van der Waals surface area contributed by atoms with E-state index < -0.39 is 0 Å². The first-order valence-corrected chi connectivity index (χ1v) is 3.25. The molecule has 0 rings (SSSR count). The average molecular weight is 153 g/mol. The Labute approximate surface area is 65.9 Å². The SMILES string of the molecule is C=C(C)C(=O)OCCC=C=N. The molecule has 1 N–H and O–H groups in total. The van der Waals surface area contributed by atoms with E-state index in [0.29, 0.717) is 12.0 Å². The van der Waals surface area contributed by atoms with Crippen molar-refractivity contribution in [3.05, 3.63) is 18.2 Å². The molecule has 0 aliphatic heterocycles. The Morgan fingerprint density at radius 1 is 1.82 bits per heavy atom. The number of carbonyl (C=O) groups excluding carboxylic acids is 1. The smallest absolute Gasteiger partial charge is 0.333 e. The van der Waals surface area contributed by atoms with Crippen molar-refractivity contribution < 1.29 is 9.53 Å². The molecule has 0 spiro atoms. The molecule has 0 heterocycles. The fourth-order valence-corrected chi connectivity index (χ4v) is 0.406. The van der Waals surface area contributed by atoms with Crippen LogP contribution in [0.25, 0.3) is 0 Å². The second-order valence-electron chi connectivity index (χ2n) is 2.05. The van der Waals surface area contributed by atoms with Gasteiger partial charge in [0.05, 0.1) is 6.61 Å². The Kier molecular flexibility index (Phi) is 4.78. The van der Waals surface area contributed by atoms with Crippen LogP contribution in [0.3, 0.4) is 0 Å². The molecule has 0 saturated heterocycles. The van der Waals surface area contributed by atoms with Crippen molar-refractivity contribution in [2.45, 2.75) is 13.3 Å². The van der Waals surface area contributed by atoms with E-state index in [9.17, 15) is 4.79 Å². The number of nitrogens with one attached hydrogen (secondary N) is 1. The summed E-state index contributed by atoms with van der Waals surface area (Å²) in [5.74, 6) is 1.70. The van der Waals surface area contributed by atoms with Crippen LogP contribution in [0.4, 0.5) is 0 Å². The van der Waals surface area contributed by atoms with Gasteiger partial charge in [-0.25, -0.2) is 4.79 Å². The van der Waals surface area contributed by atoms with Crippen LogP contribution in [0.5, 0.6) is 0 Å². The lowest BCUT2D eigenvalue weighted by molar-refractivity contribution is -0.138. The molecule has 0 atom stereocenters. The lowest BCUT2D eigenvalue weighted by atomic mass is 10.3. The van der Waals surface area contributed by atoms with Gasteiger partial charge >= 0.3 is 5.97 Å². The van der Waals surface area contributed by atoms with E-state index in [-0.39, 0.29) is 12.6 Å². The summed E-state index contributed by atoms with van der Waals surface area (Å²) in [5.41, 5.74) is 0.392. The zero-order valence-electron chi connectivity index (χ0n) is 6.52. The van der Waals surface area contributed by atoms with Crippen molar-refractivity contribution in [1.29, 1.82) is 5.41 Å². The molecule has 3 heteroatoms. The second kappa shape index (κ2) is 5.45. The Hall–Kier alpha value is -1.34. The largest absolute Gasteiger partial charge is 0.462 e. The molecule has 0 aliphatic carbocycles. The summed E-state index contributed by atoms with van der Waals surface area (Å²) in [6, 6.07) is 0. The number of carbonyl (C=O) groups is 1. The van der Waals surface area contributed by atoms with Crippen molar-refractivity contribution in [3.63, 3.8) is 0 Å². The first-order valence-electron chi connectivity index (χ1n) is 3.25. The maximum atomic E-state index is 10.7. The lowest BCUT2D eigenvalue weighted by Crippen LogP contribution is -2.05. The summed E-state index contributed by atoms with van der Waals surface area (Å²) in [7, 11) is 0. The molecular weight excluding hydrogens is 142 g/mol. The van der Waals surface area contributed by atoms with Crippen molar-refractivity contribution in [2.75, 3.05) is 6.61 Å². The van der Waals surface area contributed by atoms with Crippen molar-refractivity contribution >= 4 is 11.8 Å². The zero-order chi connectivity index (χ0) is 8.69. The maximum absolute atomic E-state index is 10.7. The fourth-order valence-electron chi connectivity index (χ4n) is 0.406. The quantitative estimate of drug-likeness (QED) is 0.286. The summed E-state index contributed by atoms with van der Waals surface area (Å²) < 4.78 is 4.71. The molecule has 0 aromatic rings. The average Bonchev–Trinajstić information content (AvgIpc) is 1.97. The molecule has 11 heavy (non-hydrogen) atoms. The van der Waals surface area contributed by atoms with Crippen LogP contribution in [0.1, 0.15) is 13.3 Å². The predicted octanol–water partition coefficient (Wildman–Crippen LogP) is 1.30. The van der Waals surface area contributed by atoms with Crippen LogP contribution >= 0.6 is 0 Å². The highest BCUT2D eigenvalue weighted by molar-refractivity contribution is 5.86. The number of esters is 1. The van der Waals surface area contributed by atoms with Gasteiger partial charge in [0.15, 0.2) is 0 Å². The van der Waals surface area contributed by atoms with Crippen LogP contribution < -0.4 is 0 Å². The maximum Gasteiger partial charge on any atom is 0.333 e. The summed E-state index contributed by atoms with van der Waals surface area (Å²) in [4.78, 5) is 10.7. The van der Waals surface area contributed by atoms with E-state index in [1.807, 2.05) is 0 Å². The van der Waals surface area contributed by atoms with E-state index >= 15 is 0 Å². The molecule has 0 aromatic carbocycles. The van der Waals surface area contributed by atoms with Gasteiger partial charge in [-0.2, -0.15) is 0 Å². The van der Waals surface area contributed by atoms with Crippen molar-refractivity contribution in [3.8, 4) is 0 Å². The number of hydrogen-bond acceptors (Lipinski definition) is 3. The minimum Gasteiger partial charge on any atom is -0.462 e. The minimum atomic E-state index is -0.386. The van der Waals surface area contributed by atoms with Crippen LogP contribution in [0, 0.1) is 5.41 Å². The Morgan fingerprint density at radius 3 is 2.91 bits per heavy atom. The molecule has 0 radical (unpaired) electrons. The zero-order valence-corrected chi connectivity index (χ0v) is 6.52. The van der Waals surface area contributed by atoms with E-state index in [0.717, 1.165) is 0 Å². The van der Waals surface area contributed by atoms with Crippen LogP contribution in [0.2, 0.25) is 0 Å². The second-order valence-corrected chi connectivity index (χ2v) is 2.05. The highest BCUT2D eigenvalue weighted by Gasteiger charge is 2.00. The molecule has 0 fully saturated rings. The van der Waals surface area contributed by atoms with E-state index in [1.54, 1.807) is 6.92 Å². The lowest BCUT2D eigenvalue weighted by Gasteiger charge is -1.99. The monoisotopic (exact) mass is 153 g/mol. The highest BCUT2D eigenvalue weighted by Crippen LogP contribution is 1.92. The number of ether oxygens (including phenoxy) is 1. The van der Waals surface area contributed by atoms with Crippen LogP contribution in [0.15, 0.2) is 18.2 Å². The van der Waals surface area contributed by atoms with Gasteiger partial charge in [0.25, 0.3) is 0 Å². The molecule has 0 amide bonds. The molecule has 0 unspecified atom stereocenters. The van der Waals surface area contributed by atoms with Gasteiger partial charge in [-0.3, -0.25) is 5.41 Å². The summed E-state index contributed by atoms with van der Waals surface area (Å²) in [6.07, 6.45) is 2.02. The van der Waals surface area contributed by atoms with Gasteiger partial charge < -0.3 is 4.74 Å². The van der Waals surface area contributed by atoms with Crippen molar-refractivity contribution in [1.82, 2.24) is 0 Å². The standard InChI is InChI=1S/C8H11NO2/c1-7(2)8(10)11-6-4-3-5-9/h3,9H,1,4,6H2,2H3. The third-order valence-corrected chi connectivity index (χ3v) is 0.946. The molecule has 3 nitrogen and oxygen atoms in total. The van der Waals surface area contributed by atoms with Gasteiger partial charge in [0.1, 0.15) is 0 Å². The van der Waals surface area contributed by atoms with Gasteiger partial charge in [-0.05, 0) is 18.9 Å². The first kappa shape index (κ1) is 9.66. The van der Waals surface area contributed by atoms with Crippen LogP contribution in [-0.4, -0.2) is 18.4 Å². The topological polar surface area (TPSA) is 50.2 Å². The Morgan fingerprint density at radius 2 is 2.45 bits per heavy atom. The molecular formula is C8H11NO2. The fraction of sp³-hybridized carbons (Fsp3) is 0.375. The van der Waals surface area contributed by atoms with Gasteiger partial charge in [-0.1, -0.05) is 6.58 Å². The molecule has 0 aromatic heterocycles. The third kappa shape index (κ3) is 5.12. The molecule has 0 bridgehead atoms. The summed E-state index contributed by atoms with van der Waals surface area (Å²) >= 11 is 0. The normalized spacial score (nSPS) is 8.09. The van der Waals surface area contributed by atoms with E-state index in [1.165, 1.54) is 6.08 Å². The third-order valence-electron chi connectivity index (χ3n) is 0.946. The van der Waals surface area contributed by atoms with E-state index in [2.05, 4.69) is 12.4 Å². The Balaban J connectivity index is 3.47. The van der Waals surface area contributed by atoms with E-state index in [4.69, 9.17) is 10.1 Å². The number of hydrogen-bond donors (Lipinski definition) is 1. The van der Waals surface area contributed by atoms with Gasteiger partial charge in [0, 0.05) is 12.0 Å².